The van der Waals surface area contributed by atoms with Crippen molar-refractivity contribution in [2.45, 2.75) is 31.6 Å². The summed E-state index contributed by atoms with van der Waals surface area (Å²) in [5.41, 5.74) is 1.79. The van der Waals surface area contributed by atoms with Crippen LogP contribution in [-0.4, -0.2) is 18.2 Å². The lowest BCUT2D eigenvalue weighted by Crippen LogP contribution is -2.25. The van der Waals surface area contributed by atoms with Crippen LogP contribution in [0, 0.1) is 5.41 Å². The monoisotopic (exact) mass is 217 g/mol. The van der Waals surface area contributed by atoms with Crippen LogP contribution in [0.5, 0.6) is 5.75 Å². The zero-order chi connectivity index (χ0) is 11.0. The van der Waals surface area contributed by atoms with E-state index in [1.807, 2.05) is 12.1 Å². The van der Waals surface area contributed by atoms with Crippen molar-refractivity contribution >= 4 is 0 Å². The Balaban J connectivity index is 1.94. The molecule has 2 fully saturated rings. The SMILES string of the molecule is Oc1cccc([C@H]2CNCC23CCCC3)c1. The molecule has 1 saturated heterocycles. The Morgan fingerprint density at radius 3 is 2.81 bits per heavy atom. The molecule has 0 unspecified atom stereocenters. The van der Waals surface area contributed by atoms with Crippen LogP contribution in [-0.2, 0) is 0 Å². The minimum atomic E-state index is 0.401. The summed E-state index contributed by atoms with van der Waals surface area (Å²) in [5.74, 6) is 1.000. The summed E-state index contributed by atoms with van der Waals surface area (Å²) >= 11 is 0. The van der Waals surface area contributed by atoms with E-state index >= 15 is 0 Å². The summed E-state index contributed by atoms with van der Waals surface area (Å²) in [4.78, 5) is 0. The number of aromatic hydroxyl groups is 1. The summed E-state index contributed by atoms with van der Waals surface area (Å²) in [5, 5.41) is 13.1. The summed E-state index contributed by atoms with van der Waals surface area (Å²) in [7, 11) is 0. The standard InChI is InChI=1S/C14H19NO/c16-12-5-3-4-11(8-12)13-9-15-10-14(13)6-1-2-7-14/h3-5,8,13,15-16H,1-2,6-7,9-10H2/t13-/m1/s1. The van der Waals surface area contributed by atoms with Crippen LogP contribution in [0.4, 0.5) is 0 Å². The molecule has 1 spiro atoms. The van der Waals surface area contributed by atoms with E-state index in [1.165, 1.54) is 31.2 Å². The molecule has 1 heterocycles. The fourth-order valence-corrected chi connectivity index (χ4v) is 3.62. The second-order valence-electron chi connectivity index (χ2n) is 5.35. The van der Waals surface area contributed by atoms with Gasteiger partial charge in [-0.15, -0.1) is 0 Å². The van der Waals surface area contributed by atoms with E-state index in [4.69, 9.17) is 0 Å². The van der Waals surface area contributed by atoms with E-state index in [9.17, 15) is 5.11 Å². The van der Waals surface area contributed by atoms with Crippen molar-refractivity contribution in [3.63, 3.8) is 0 Å². The van der Waals surface area contributed by atoms with Crippen LogP contribution in [0.15, 0.2) is 24.3 Å². The summed E-state index contributed by atoms with van der Waals surface area (Å²) in [6, 6.07) is 7.83. The van der Waals surface area contributed by atoms with Gasteiger partial charge in [0.05, 0.1) is 0 Å². The Morgan fingerprint density at radius 2 is 2.06 bits per heavy atom. The zero-order valence-corrected chi connectivity index (χ0v) is 9.58. The second-order valence-corrected chi connectivity index (χ2v) is 5.35. The van der Waals surface area contributed by atoms with Gasteiger partial charge in [0.15, 0.2) is 0 Å². The van der Waals surface area contributed by atoms with E-state index in [-0.39, 0.29) is 0 Å². The first-order chi connectivity index (χ1) is 7.80. The van der Waals surface area contributed by atoms with Gasteiger partial charge in [0.1, 0.15) is 5.75 Å². The van der Waals surface area contributed by atoms with Crippen molar-refractivity contribution in [3.8, 4) is 5.75 Å². The Bertz CT molecular complexity index is 377. The van der Waals surface area contributed by atoms with Gasteiger partial charge in [-0.05, 0) is 36.0 Å². The van der Waals surface area contributed by atoms with Gasteiger partial charge in [0.25, 0.3) is 0 Å². The number of phenolic OH excluding ortho intramolecular Hbond substituents is 1. The maximum atomic E-state index is 9.58. The largest absolute Gasteiger partial charge is 0.508 e. The molecule has 1 aliphatic carbocycles. The molecule has 2 N–H and O–H groups in total. The van der Waals surface area contributed by atoms with Gasteiger partial charge < -0.3 is 10.4 Å². The number of hydrogen-bond donors (Lipinski definition) is 2. The van der Waals surface area contributed by atoms with E-state index in [0.717, 1.165) is 13.1 Å². The quantitative estimate of drug-likeness (QED) is 0.758. The van der Waals surface area contributed by atoms with E-state index < -0.39 is 0 Å². The molecule has 1 aromatic carbocycles. The van der Waals surface area contributed by atoms with Gasteiger partial charge in [-0.3, -0.25) is 0 Å². The third kappa shape index (κ3) is 1.52. The van der Waals surface area contributed by atoms with Crippen LogP contribution in [0.1, 0.15) is 37.2 Å². The summed E-state index contributed by atoms with van der Waals surface area (Å²) in [6.45, 7) is 2.23. The highest BCUT2D eigenvalue weighted by molar-refractivity contribution is 5.32. The van der Waals surface area contributed by atoms with Crippen molar-refractivity contribution in [3.05, 3.63) is 29.8 Å². The number of hydrogen-bond acceptors (Lipinski definition) is 2. The van der Waals surface area contributed by atoms with Gasteiger partial charge in [-0.25, -0.2) is 0 Å². The molecule has 1 atom stereocenters. The van der Waals surface area contributed by atoms with E-state index in [1.54, 1.807) is 6.07 Å². The number of rotatable bonds is 1. The van der Waals surface area contributed by atoms with Crippen LogP contribution >= 0.6 is 0 Å². The molecule has 1 aliphatic heterocycles. The maximum Gasteiger partial charge on any atom is 0.115 e. The lowest BCUT2D eigenvalue weighted by atomic mass is 9.73. The lowest BCUT2D eigenvalue weighted by Gasteiger charge is -2.30. The molecule has 16 heavy (non-hydrogen) atoms. The van der Waals surface area contributed by atoms with Crippen LogP contribution < -0.4 is 5.32 Å². The Kier molecular flexibility index (Phi) is 2.40. The Morgan fingerprint density at radius 1 is 1.25 bits per heavy atom. The zero-order valence-electron chi connectivity index (χ0n) is 9.58. The Labute approximate surface area is 96.7 Å². The van der Waals surface area contributed by atoms with Crippen molar-refractivity contribution < 1.29 is 5.11 Å². The molecule has 86 valence electrons. The van der Waals surface area contributed by atoms with Gasteiger partial charge in [-0.2, -0.15) is 0 Å². The predicted octanol–water partition coefficient (Wildman–Crippen LogP) is 2.64. The van der Waals surface area contributed by atoms with E-state index in [0.29, 0.717) is 17.1 Å². The molecule has 2 heteroatoms. The fraction of sp³-hybridized carbons (Fsp3) is 0.571. The molecule has 0 radical (unpaired) electrons. The molecular weight excluding hydrogens is 198 g/mol. The summed E-state index contributed by atoms with van der Waals surface area (Å²) < 4.78 is 0. The highest BCUT2D eigenvalue weighted by Gasteiger charge is 2.45. The third-order valence-electron chi connectivity index (χ3n) is 4.44. The number of nitrogens with one attached hydrogen (secondary N) is 1. The van der Waals surface area contributed by atoms with E-state index in [2.05, 4.69) is 11.4 Å². The number of phenols is 1. The van der Waals surface area contributed by atoms with Crippen molar-refractivity contribution in [1.82, 2.24) is 5.32 Å². The van der Waals surface area contributed by atoms with Crippen LogP contribution in [0.3, 0.4) is 0 Å². The topological polar surface area (TPSA) is 32.3 Å². The van der Waals surface area contributed by atoms with Gasteiger partial charge >= 0.3 is 0 Å². The Hall–Kier alpha value is -1.02. The fourth-order valence-electron chi connectivity index (χ4n) is 3.62. The number of benzene rings is 1. The van der Waals surface area contributed by atoms with Crippen molar-refractivity contribution in [2.24, 2.45) is 5.41 Å². The minimum absolute atomic E-state index is 0.401. The van der Waals surface area contributed by atoms with Crippen molar-refractivity contribution in [1.29, 1.82) is 0 Å². The molecule has 1 aromatic rings. The molecule has 3 rings (SSSR count). The van der Waals surface area contributed by atoms with Gasteiger partial charge in [-0.1, -0.05) is 25.0 Å². The molecule has 2 nitrogen and oxygen atoms in total. The molecule has 0 bridgehead atoms. The molecule has 2 aliphatic rings. The molecule has 0 amide bonds. The third-order valence-corrected chi connectivity index (χ3v) is 4.44. The first-order valence-electron chi connectivity index (χ1n) is 6.30. The van der Waals surface area contributed by atoms with Crippen LogP contribution in [0.25, 0.3) is 0 Å². The first kappa shape index (κ1) is 10.2. The second kappa shape index (κ2) is 3.77. The van der Waals surface area contributed by atoms with Crippen LogP contribution in [0.2, 0.25) is 0 Å². The maximum absolute atomic E-state index is 9.58. The van der Waals surface area contributed by atoms with Crippen molar-refractivity contribution in [2.75, 3.05) is 13.1 Å². The smallest absolute Gasteiger partial charge is 0.115 e. The average molecular weight is 217 g/mol. The molecule has 0 aromatic heterocycles. The average Bonchev–Trinajstić information content (AvgIpc) is 2.90. The first-order valence-corrected chi connectivity index (χ1v) is 6.30. The highest BCUT2D eigenvalue weighted by atomic mass is 16.3. The molecular formula is C14H19NO. The summed E-state index contributed by atoms with van der Waals surface area (Å²) in [6.07, 6.45) is 5.44. The predicted molar refractivity (Wildman–Crippen MR) is 64.6 cm³/mol. The lowest BCUT2D eigenvalue weighted by molar-refractivity contribution is 0.294. The highest BCUT2D eigenvalue weighted by Crippen LogP contribution is 2.50. The van der Waals surface area contributed by atoms with Gasteiger partial charge in [0, 0.05) is 19.0 Å². The molecule has 1 saturated carbocycles. The van der Waals surface area contributed by atoms with Gasteiger partial charge in [0.2, 0.25) is 0 Å². The normalized spacial score (nSPS) is 27.6. The minimum Gasteiger partial charge on any atom is -0.508 e.